The van der Waals surface area contributed by atoms with Crippen LogP contribution in [-0.2, 0) is 34.9 Å². The quantitative estimate of drug-likeness (QED) is 0.135. The molecule has 2 aromatic rings. The van der Waals surface area contributed by atoms with E-state index < -0.39 is 37.1 Å². The molecule has 2 aromatic heterocycles. The molecular formula is C27H48N7O6P. The fourth-order valence-electron chi connectivity index (χ4n) is 4.05. The predicted octanol–water partition coefficient (Wildman–Crippen LogP) is 4.12. The van der Waals surface area contributed by atoms with Crippen LogP contribution in [0.2, 0.25) is 0 Å². The Morgan fingerprint density at radius 3 is 2.34 bits per heavy atom. The number of nitrogens with two attached hydrogens (primary N) is 1. The minimum atomic E-state index is -3.70. The Balaban J connectivity index is 2.18. The van der Waals surface area contributed by atoms with Crippen molar-refractivity contribution in [2.75, 3.05) is 32.3 Å². The second kappa shape index (κ2) is 16.1. The molecule has 41 heavy (non-hydrogen) atoms. The fourth-order valence-corrected chi connectivity index (χ4v) is 6.53. The lowest BCUT2D eigenvalue weighted by atomic mass is 10.1. The molecule has 2 rings (SSSR count). The Kier molecular flexibility index (Phi) is 13.6. The molecule has 0 spiro atoms. The highest BCUT2D eigenvalue weighted by Crippen LogP contribution is 2.48. The molecule has 0 aliphatic carbocycles. The Labute approximate surface area is 243 Å². The topological polar surface area (TPSA) is 164 Å². The molecule has 0 aliphatic heterocycles. The maximum absolute atomic E-state index is 14.5. The highest BCUT2D eigenvalue weighted by molar-refractivity contribution is 7.59. The van der Waals surface area contributed by atoms with E-state index in [0.717, 1.165) is 38.5 Å². The van der Waals surface area contributed by atoms with E-state index in [-0.39, 0.29) is 18.8 Å². The Morgan fingerprint density at radius 1 is 1.07 bits per heavy atom. The van der Waals surface area contributed by atoms with Crippen LogP contribution in [0.3, 0.4) is 0 Å². The number of hydrogen-bond acceptors (Lipinski definition) is 10. The summed E-state index contributed by atoms with van der Waals surface area (Å²) in [5, 5.41) is 2.99. The molecule has 13 nitrogen and oxygen atoms in total. The van der Waals surface area contributed by atoms with Crippen LogP contribution in [0, 0.1) is 0 Å². The summed E-state index contributed by atoms with van der Waals surface area (Å²) >= 11 is 0. The van der Waals surface area contributed by atoms with Gasteiger partial charge in [0, 0.05) is 0 Å². The summed E-state index contributed by atoms with van der Waals surface area (Å²) in [4.78, 5) is 38.2. The van der Waals surface area contributed by atoms with Crippen molar-refractivity contribution in [1.29, 1.82) is 0 Å². The average Bonchev–Trinajstić information content (AvgIpc) is 3.34. The fraction of sp³-hybridized carbons (Fsp3) is 0.741. The Bertz CT molecular complexity index is 1170. The van der Waals surface area contributed by atoms with Crippen LogP contribution < -0.4 is 10.8 Å². The van der Waals surface area contributed by atoms with Crippen LogP contribution in [0.5, 0.6) is 0 Å². The smallest absolute Gasteiger partial charge is 0.326 e. The SMILES string of the molecule is CCCCCOC(=O)[C@@H](C)N(C)P(=O)(CO[C@H](C)Cn1cnc2c(N)ncnc21)NC(C)(C)C(=O)OCCCCC. The Hall–Kier alpha value is -2.60. The minimum absolute atomic E-state index is 0.275. The van der Waals surface area contributed by atoms with Crippen molar-refractivity contribution in [1.82, 2.24) is 29.3 Å². The number of fused-ring (bicyclic) bond motifs is 1. The van der Waals surface area contributed by atoms with Crippen molar-refractivity contribution in [2.45, 2.75) is 104 Å². The number of esters is 2. The zero-order valence-electron chi connectivity index (χ0n) is 25.6. The van der Waals surface area contributed by atoms with Crippen LogP contribution in [0.25, 0.3) is 11.2 Å². The first-order valence-corrected chi connectivity index (χ1v) is 16.2. The van der Waals surface area contributed by atoms with E-state index in [9.17, 15) is 14.2 Å². The first-order chi connectivity index (χ1) is 19.4. The number of nitrogen functional groups attached to an aromatic ring is 1. The van der Waals surface area contributed by atoms with Crippen molar-refractivity contribution in [3.8, 4) is 0 Å². The van der Waals surface area contributed by atoms with Gasteiger partial charge in [0.2, 0.25) is 7.44 Å². The third-order valence-corrected chi connectivity index (χ3v) is 9.54. The van der Waals surface area contributed by atoms with E-state index in [1.807, 2.05) is 6.92 Å². The van der Waals surface area contributed by atoms with Gasteiger partial charge in [-0.1, -0.05) is 39.5 Å². The predicted molar refractivity (Wildman–Crippen MR) is 158 cm³/mol. The monoisotopic (exact) mass is 597 g/mol. The molecule has 0 aromatic carbocycles. The summed E-state index contributed by atoms with van der Waals surface area (Å²) in [7, 11) is -2.14. The number of aromatic nitrogens is 4. The summed E-state index contributed by atoms with van der Waals surface area (Å²) in [6, 6.07) is -0.859. The molecule has 0 fully saturated rings. The maximum atomic E-state index is 14.5. The second-order valence-electron chi connectivity index (χ2n) is 10.8. The first kappa shape index (κ1) is 34.6. The number of likely N-dealkylation sites (N-methyl/N-ethyl adjacent to an activating group) is 1. The number of rotatable bonds is 19. The first-order valence-electron chi connectivity index (χ1n) is 14.3. The van der Waals surface area contributed by atoms with E-state index in [0.29, 0.717) is 24.3 Å². The summed E-state index contributed by atoms with van der Waals surface area (Å²) < 4.78 is 34.7. The van der Waals surface area contributed by atoms with Gasteiger partial charge in [-0.25, -0.2) is 24.7 Å². The van der Waals surface area contributed by atoms with Crippen molar-refractivity contribution in [3.05, 3.63) is 12.7 Å². The molecule has 3 N–H and O–H groups in total. The lowest BCUT2D eigenvalue weighted by Gasteiger charge is -2.37. The molecule has 0 saturated carbocycles. The molecule has 0 aliphatic rings. The van der Waals surface area contributed by atoms with Gasteiger partial charge in [0.05, 0.1) is 32.2 Å². The lowest BCUT2D eigenvalue weighted by Crippen LogP contribution is -2.50. The van der Waals surface area contributed by atoms with Crippen LogP contribution >= 0.6 is 7.44 Å². The van der Waals surface area contributed by atoms with E-state index in [4.69, 9.17) is 19.9 Å². The van der Waals surface area contributed by atoms with Gasteiger partial charge >= 0.3 is 11.9 Å². The minimum Gasteiger partial charge on any atom is -0.465 e. The van der Waals surface area contributed by atoms with Gasteiger partial charge in [0.25, 0.3) is 0 Å². The summed E-state index contributed by atoms with van der Waals surface area (Å²) in [6.45, 7) is 11.7. The van der Waals surface area contributed by atoms with Crippen LogP contribution in [0.15, 0.2) is 12.7 Å². The number of nitrogens with zero attached hydrogens (tertiary/aromatic N) is 5. The maximum Gasteiger partial charge on any atom is 0.326 e. The van der Waals surface area contributed by atoms with E-state index in [2.05, 4.69) is 33.9 Å². The molecule has 0 saturated heterocycles. The molecule has 0 bridgehead atoms. The van der Waals surface area contributed by atoms with Crippen LogP contribution in [0.4, 0.5) is 5.82 Å². The largest absolute Gasteiger partial charge is 0.465 e. The lowest BCUT2D eigenvalue weighted by molar-refractivity contribution is -0.149. The number of nitrogens with one attached hydrogen (secondary N) is 1. The third-order valence-electron chi connectivity index (χ3n) is 6.77. The average molecular weight is 598 g/mol. The zero-order valence-corrected chi connectivity index (χ0v) is 26.5. The number of hydrogen-bond donors (Lipinski definition) is 2. The van der Waals surface area contributed by atoms with Crippen LogP contribution in [-0.4, -0.2) is 80.4 Å². The van der Waals surface area contributed by atoms with Crippen molar-refractivity contribution in [3.63, 3.8) is 0 Å². The van der Waals surface area contributed by atoms with Crippen molar-refractivity contribution in [2.24, 2.45) is 0 Å². The van der Waals surface area contributed by atoms with Crippen molar-refractivity contribution < 1.29 is 28.4 Å². The van der Waals surface area contributed by atoms with Gasteiger partial charge in [-0.15, -0.1) is 0 Å². The number of ether oxygens (including phenoxy) is 3. The molecule has 14 heteroatoms. The second-order valence-corrected chi connectivity index (χ2v) is 13.4. The number of imidazole rings is 1. The van der Waals surface area contributed by atoms with Gasteiger partial charge in [-0.05, 0) is 47.6 Å². The number of unbranched alkanes of at least 4 members (excludes halogenated alkanes) is 4. The number of carbonyl (C=O) groups is 2. The molecule has 2 heterocycles. The van der Waals surface area contributed by atoms with E-state index >= 15 is 0 Å². The highest BCUT2D eigenvalue weighted by Gasteiger charge is 2.43. The van der Waals surface area contributed by atoms with Crippen LogP contribution in [0.1, 0.15) is 80.1 Å². The zero-order chi connectivity index (χ0) is 30.6. The molecule has 1 unspecified atom stereocenters. The molecular weight excluding hydrogens is 549 g/mol. The van der Waals surface area contributed by atoms with Gasteiger partial charge in [-0.3, -0.25) is 14.2 Å². The summed E-state index contributed by atoms with van der Waals surface area (Å²) in [6.07, 6.45) is 7.62. The van der Waals surface area contributed by atoms with E-state index in [1.54, 1.807) is 38.7 Å². The van der Waals surface area contributed by atoms with Gasteiger partial charge in [-0.2, -0.15) is 0 Å². The normalized spacial score (nSPS) is 15.0. The third kappa shape index (κ3) is 10.0. The van der Waals surface area contributed by atoms with Gasteiger partial charge in [0.15, 0.2) is 11.5 Å². The number of carbonyl (C=O) groups excluding carboxylic acids is 2. The summed E-state index contributed by atoms with van der Waals surface area (Å²) in [5.74, 6) is -0.759. The molecule has 232 valence electrons. The standard InChI is InChI=1S/C27H48N7O6P/c1-8-10-12-14-38-25(35)21(4)33(7)41(37,32-27(5,6)26(36)39-15-13-11-9-2)19-40-20(3)16-34-18-31-22-23(28)29-17-30-24(22)34/h17-18,20-21H,8-16,19H2,1-7H3,(H,32,37)(H2,28,29,30)/t20-,21-,41?/m1/s1. The van der Waals surface area contributed by atoms with Gasteiger partial charge < -0.3 is 24.5 Å². The summed E-state index contributed by atoms with van der Waals surface area (Å²) in [5.41, 5.74) is 5.61. The van der Waals surface area contributed by atoms with Crippen molar-refractivity contribution >= 4 is 36.4 Å². The highest BCUT2D eigenvalue weighted by atomic mass is 31.2. The molecule has 0 amide bonds. The Morgan fingerprint density at radius 2 is 1.71 bits per heavy atom. The number of anilines is 1. The molecule has 3 atom stereocenters. The molecule has 0 radical (unpaired) electrons. The van der Waals surface area contributed by atoms with Gasteiger partial charge in [0.1, 0.15) is 29.8 Å². The van der Waals surface area contributed by atoms with E-state index in [1.165, 1.54) is 11.0 Å².